The van der Waals surface area contributed by atoms with Gasteiger partial charge in [0.1, 0.15) is 51.7 Å². The van der Waals surface area contributed by atoms with Crippen molar-refractivity contribution in [3.63, 3.8) is 0 Å². The predicted octanol–water partition coefficient (Wildman–Crippen LogP) is 8.18. The maximum atomic E-state index is 14.5. The molecule has 0 saturated carbocycles. The average Bonchev–Trinajstić information content (AvgIpc) is 0.950. The number of aliphatic hydroxyl groups excluding tert-OH is 2. The Morgan fingerprint density at radius 3 is 1.49 bits per heavy atom. The maximum absolute atomic E-state index is 14.5. The molecule has 7 amide bonds. The molecule has 4 aromatic rings. The second kappa shape index (κ2) is 43.6. The Labute approximate surface area is 664 Å². The van der Waals surface area contributed by atoms with Gasteiger partial charge in [-0.1, -0.05) is 107 Å². The van der Waals surface area contributed by atoms with Crippen molar-refractivity contribution >= 4 is 89.1 Å². The summed E-state index contributed by atoms with van der Waals surface area (Å²) in [5.74, 6) is -5.49. The van der Waals surface area contributed by atoms with Gasteiger partial charge in [-0.3, -0.25) is 39.9 Å². The maximum Gasteiger partial charge on any atom is 0.509 e. The summed E-state index contributed by atoms with van der Waals surface area (Å²) >= 11 is 0. The monoisotopic (exact) mass is 1620 g/mol. The number of carbonyl (C=O) groups excluding carboxylic acids is 10. The average molecular weight is 1620 g/mol. The fraction of sp³-hybridized carbons (Fsp3) is 0.390. The Balaban J connectivity index is 1.07. The van der Waals surface area contributed by atoms with Crippen molar-refractivity contribution in [3.05, 3.63) is 174 Å². The minimum Gasteiger partial charge on any atom is -0.493 e. The van der Waals surface area contributed by atoms with Crippen LogP contribution in [0, 0.1) is 16.0 Å². The smallest absolute Gasteiger partial charge is 0.493 e. The quantitative estimate of drug-likeness (QED) is 0.00521. The van der Waals surface area contributed by atoms with E-state index in [4.69, 9.17) is 71.1 Å². The number of carboxylic acid groups (broad SMARTS) is 1. The number of hydrogen-bond acceptors (Lipinski definition) is 30. The summed E-state index contributed by atoms with van der Waals surface area (Å²) in [5.41, 5.74) is 0.499. The molecule has 39 nitrogen and oxygen atoms in total. The third-order valence-corrected chi connectivity index (χ3v) is 17.1. The Morgan fingerprint density at radius 1 is 0.569 bits per heavy atom. The molecule has 7 rings (SSSR count). The number of methoxy groups -OCH3 is 2. The molecule has 0 aromatic heterocycles. The highest BCUT2D eigenvalue weighted by atomic mass is 16.8. The number of nitro groups is 1. The van der Waals surface area contributed by atoms with Crippen molar-refractivity contribution in [2.45, 2.75) is 108 Å². The number of hydrogen-bond donors (Lipinski definition) is 8. The number of anilines is 3. The van der Waals surface area contributed by atoms with Gasteiger partial charge in [0.2, 0.25) is 24.2 Å². The summed E-state index contributed by atoms with van der Waals surface area (Å²) < 4.78 is 81.7. The Bertz CT molecular complexity index is 4320. The van der Waals surface area contributed by atoms with E-state index < -0.39 is 177 Å². The summed E-state index contributed by atoms with van der Waals surface area (Å²) in [7, 11) is 2.59. The Hall–Kier alpha value is -13.4. The van der Waals surface area contributed by atoms with Crippen LogP contribution in [0.1, 0.15) is 71.9 Å². The fourth-order valence-corrected chi connectivity index (χ4v) is 11.6. The number of carbonyl (C=O) groups is 11. The highest BCUT2D eigenvalue weighted by Gasteiger charge is 2.57. The van der Waals surface area contributed by atoms with Crippen LogP contribution in [-0.4, -0.2) is 231 Å². The molecule has 624 valence electrons. The van der Waals surface area contributed by atoms with Gasteiger partial charge in [-0.05, 0) is 67.1 Å². The lowest BCUT2D eigenvalue weighted by molar-refractivity contribution is -0.387. The second-order valence-corrected chi connectivity index (χ2v) is 25.9. The van der Waals surface area contributed by atoms with Crippen molar-refractivity contribution in [2.75, 3.05) is 96.1 Å². The number of aliphatic carboxylic acids is 1. The number of benzene rings is 4. The van der Waals surface area contributed by atoms with Gasteiger partial charge in [-0.2, -0.15) is 0 Å². The lowest BCUT2D eigenvalue weighted by Gasteiger charge is -2.42. The minimum absolute atomic E-state index is 0.0166. The number of carboxylic acids is 1. The molecule has 0 radical (unpaired) electrons. The first-order valence-electron chi connectivity index (χ1n) is 35.6. The molecule has 0 unspecified atom stereocenters. The van der Waals surface area contributed by atoms with E-state index in [1.807, 2.05) is 0 Å². The summed E-state index contributed by atoms with van der Waals surface area (Å²) in [4.78, 5) is 161. The van der Waals surface area contributed by atoms with Crippen LogP contribution < -0.4 is 50.3 Å². The summed E-state index contributed by atoms with van der Waals surface area (Å²) in [5, 5.41) is 56.5. The van der Waals surface area contributed by atoms with Gasteiger partial charge in [-0.25, -0.2) is 33.6 Å². The molecule has 39 heteroatoms. The Morgan fingerprint density at radius 2 is 1.03 bits per heavy atom. The molecular formula is C77H90N8O31. The van der Waals surface area contributed by atoms with Crippen molar-refractivity contribution < 1.29 is 144 Å². The SMILES string of the molecule is C=CCOC(=O)N[C@H](C(=O)N[C@@H](C)C(=O)Nc1ccc(COC(=O)Nc2cc(OCCCOc3cc(NC(=O)OCc4ccc(O[C@@H]5O[C@H](C(=O)O)[C@@H](OC(=O)OCC=C)[C@H](OC(=O)OCC=C)[C@H]5OC(=O)OCC=C)c([N+](=O)[O-])c4)c(C(=O)N4CC(=C)C[C@H]4CO)cc3OC)c(OC)cc2C(=O)N2CC(=C)C[C@H]2CO)cc1)C(C)C. The fourth-order valence-electron chi connectivity index (χ4n) is 11.6. The van der Waals surface area contributed by atoms with Gasteiger partial charge >= 0.3 is 48.4 Å². The van der Waals surface area contributed by atoms with Crippen LogP contribution in [0.15, 0.2) is 142 Å². The van der Waals surface area contributed by atoms with Crippen molar-refractivity contribution in [2.24, 2.45) is 5.92 Å². The van der Waals surface area contributed by atoms with E-state index >= 15 is 0 Å². The number of amides is 7. The van der Waals surface area contributed by atoms with Crippen LogP contribution in [0.3, 0.4) is 0 Å². The first kappa shape index (κ1) is 89.8. The third-order valence-electron chi connectivity index (χ3n) is 17.1. The molecule has 116 heavy (non-hydrogen) atoms. The molecule has 3 aliphatic rings. The first-order valence-corrected chi connectivity index (χ1v) is 35.6. The van der Waals surface area contributed by atoms with Crippen LogP contribution in [0.5, 0.6) is 28.7 Å². The number of likely N-dealkylation sites (tertiary alicyclic amines) is 2. The molecule has 0 aliphatic carbocycles. The molecule has 0 spiro atoms. The van der Waals surface area contributed by atoms with E-state index in [9.17, 15) is 78.2 Å². The molecule has 8 N–H and O–H groups in total. The highest BCUT2D eigenvalue weighted by Crippen LogP contribution is 2.40. The third kappa shape index (κ3) is 25.0. The van der Waals surface area contributed by atoms with Crippen molar-refractivity contribution in [1.82, 2.24) is 20.4 Å². The molecule has 0 bridgehead atoms. The van der Waals surface area contributed by atoms with Crippen LogP contribution >= 0.6 is 0 Å². The van der Waals surface area contributed by atoms with Crippen LogP contribution in [0.4, 0.5) is 51.5 Å². The van der Waals surface area contributed by atoms with Crippen LogP contribution in [0.25, 0.3) is 0 Å². The zero-order chi connectivity index (χ0) is 84.9. The molecule has 3 heterocycles. The molecule has 3 aliphatic heterocycles. The minimum atomic E-state index is -2.37. The summed E-state index contributed by atoms with van der Waals surface area (Å²) in [6.07, 6.45) is -13.7. The zero-order valence-corrected chi connectivity index (χ0v) is 63.9. The van der Waals surface area contributed by atoms with Gasteiger partial charge in [0, 0.05) is 43.4 Å². The first-order chi connectivity index (χ1) is 55.5. The topological polar surface area (TPSA) is 497 Å². The number of nitro benzene ring substituents is 1. The number of alkyl carbamates (subject to hydrolysis) is 1. The standard InChI is InChI=1S/C77H90N8O31/c1-12-23-106-74(96)82-61(42(5)6)67(89)78-45(9)66(88)79-48-20-17-46(18-21-48)40-110-72(94)80-53-34-59(57(102-10)32-51(53)68(90)83-36-43(7)29-49(83)38-86)104-27-16-28-105-60-35-54(52(33-58(60)103-11)69(91)84-37-44(8)30-50(84)39-87)81-73(95)111-41-47-19-22-56(55(31-47)85(100)101)112-71-65(116-77(99)109-26-15-4)63(115-76(98)108-25-14-3)62(64(113-71)70(92)93)114-75(97)107-24-13-2/h12-15,17-22,31-35,42,45,49-50,61-65,71,86-87H,1-4,7-8,16,23-30,36-41H2,5-6,9-11H3,(H,78,89)(H,79,88)(H,80,94)(H,81,95)(H,82,96)(H,92,93)/t45-,49-,50-,61-,62-,63-,64-,65+,71+/m0/s1. The predicted molar refractivity (Wildman–Crippen MR) is 406 cm³/mol. The van der Waals surface area contributed by atoms with Gasteiger partial charge in [0.25, 0.3) is 11.8 Å². The molecule has 4 aromatic carbocycles. The summed E-state index contributed by atoms with van der Waals surface area (Å²) in [6, 6.07) is 10.9. The van der Waals surface area contributed by atoms with E-state index in [0.29, 0.717) is 28.8 Å². The lowest BCUT2D eigenvalue weighted by atomic mass is 9.98. The highest BCUT2D eigenvalue weighted by molar-refractivity contribution is 6.05. The number of nitrogens with one attached hydrogen (secondary N) is 5. The van der Waals surface area contributed by atoms with Crippen molar-refractivity contribution in [1.29, 1.82) is 0 Å². The van der Waals surface area contributed by atoms with E-state index in [1.165, 1.54) is 73.4 Å². The zero-order valence-electron chi connectivity index (χ0n) is 63.9. The second-order valence-electron chi connectivity index (χ2n) is 25.9. The number of rotatable bonds is 39. The molecule has 9 atom stereocenters. The van der Waals surface area contributed by atoms with Crippen molar-refractivity contribution in [3.8, 4) is 28.7 Å². The normalized spacial score (nSPS) is 17.8. The van der Waals surface area contributed by atoms with Gasteiger partial charge < -0.3 is 112 Å². The Kier molecular flexibility index (Phi) is 33.7. The number of ether oxygens (including phenoxy) is 15. The van der Waals surface area contributed by atoms with E-state index in [1.54, 1.807) is 26.0 Å². The van der Waals surface area contributed by atoms with Gasteiger partial charge in [0.15, 0.2) is 47.1 Å². The van der Waals surface area contributed by atoms with E-state index in [0.717, 1.165) is 36.4 Å². The van der Waals surface area contributed by atoms with Crippen LogP contribution in [0.2, 0.25) is 0 Å². The van der Waals surface area contributed by atoms with Gasteiger partial charge in [0.05, 0.1) is 80.2 Å². The number of nitrogens with zero attached hydrogens (tertiary/aromatic N) is 3. The summed E-state index contributed by atoms with van der Waals surface area (Å²) in [6.45, 7) is 23.0. The molecule has 3 saturated heterocycles. The molecule has 3 fully saturated rings. The largest absolute Gasteiger partial charge is 0.509 e. The lowest BCUT2D eigenvalue weighted by Crippen LogP contribution is -2.64. The number of aliphatic hydroxyl groups is 2. The van der Waals surface area contributed by atoms with E-state index in [-0.39, 0.29) is 109 Å². The van der Waals surface area contributed by atoms with E-state index in [2.05, 4.69) is 66.1 Å². The van der Waals surface area contributed by atoms with Crippen LogP contribution in [-0.2, 0) is 75.0 Å². The molecular weight excluding hydrogens is 1530 g/mol. The van der Waals surface area contributed by atoms with Gasteiger partial charge in [-0.15, -0.1) is 0 Å².